The lowest BCUT2D eigenvalue weighted by atomic mass is 10.7. The molecule has 0 bridgehead atoms. The van der Waals surface area contributed by atoms with Crippen LogP contribution in [0.3, 0.4) is 0 Å². The van der Waals surface area contributed by atoms with E-state index in [-0.39, 0.29) is 6.61 Å². The fourth-order valence-corrected chi connectivity index (χ4v) is 0.323. The number of thiocarbonyl (C=S) groups is 1. The van der Waals surface area contributed by atoms with Gasteiger partial charge in [0, 0.05) is 0 Å². The lowest BCUT2D eigenvalue weighted by Gasteiger charge is -2.00. The van der Waals surface area contributed by atoms with Gasteiger partial charge in [0.05, 0.1) is 6.61 Å². The van der Waals surface area contributed by atoms with Crippen LogP contribution in [0.4, 0.5) is 8.78 Å². The molecule has 0 N–H and O–H groups in total. The number of rotatable bonds is 2. The third-order valence-corrected chi connectivity index (χ3v) is 0.761. The van der Waals surface area contributed by atoms with Crippen molar-refractivity contribution >= 4 is 17.3 Å². The highest BCUT2D eigenvalue weighted by Crippen LogP contribution is 1.97. The van der Waals surface area contributed by atoms with Crippen molar-refractivity contribution in [3.63, 3.8) is 0 Å². The van der Waals surface area contributed by atoms with E-state index in [2.05, 4.69) is 17.0 Å². The summed E-state index contributed by atoms with van der Waals surface area (Å²) in [5.41, 5.74) is 0. The van der Waals surface area contributed by atoms with Crippen LogP contribution in [0.5, 0.6) is 0 Å². The van der Waals surface area contributed by atoms with E-state index in [1.54, 1.807) is 6.92 Å². The van der Waals surface area contributed by atoms with Crippen molar-refractivity contribution in [1.82, 2.24) is 0 Å². The summed E-state index contributed by atoms with van der Waals surface area (Å²) in [5.74, 6) is 0. The van der Waals surface area contributed by atoms with E-state index >= 15 is 0 Å². The highest BCUT2D eigenvalue weighted by Gasteiger charge is 2.09. The Bertz CT molecular complexity index is 84.1. The molecule has 0 amide bonds. The van der Waals surface area contributed by atoms with Crippen LogP contribution >= 0.6 is 12.2 Å². The number of hydrogen-bond donors (Lipinski definition) is 0. The van der Waals surface area contributed by atoms with Crippen molar-refractivity contribution < 1.29 is 13.5 Å². The van der Waals surface area contributed by atoms with Crippen LogP contribution in [0, 0.1) is 0 Å². The van der Waals surface area contributed by atoms with Gasteiger partial charge in [0.1, 0.15) is 0 Å². The molecule has 0 aliphatic rings. The van der Waals surface area contributed by atoms with Crippen LogP contribution in [-0.2, 0) is 4.74 Å². The van der Waals surface area contributed by atoms with Gasteiger partial charge >= 0.3 is 6.43 Å². The molecule has 8 heavy (non-hydrogen) atoms. The summed E-state index contributed by atoms with van der Waals surface area (Å²) < 4.78 is 27.0. The van der Waals surface area contributed by atoms with Gasteiger partial charge in [-0.15, -0.1) is 0 Å². The van der Waals surface area contributed by atoms with Gasteiger partial charge in [-0.05, 0) is 19.1 Å². The van der Waals surface area contributed by atoms with Crippen molar-refractivity contribution in [3.8, 4) is 0 Å². The second-order valence-corrected chi connectivity index (χ2v) is 1.46. The third kappa shape index (κ3) is 2.85. The van der Waals surface area contributed by atoms with Crippen LogP contribution < -0.4 is 0 Å². The molecule has 0 aromatic rings. The quantitative estimate of drug-likeness (QED) is 0.539. The monoisotopic (exact) mass is 140 g/mol. The van der Waals surface area contributed by atoms with E-state index in [1.807, 2.05) is 0 Å². The SMILES string of the molecule is CCOC(=S)C(F)F. The minimum absolute atomic E-state index is 0.211. The van der Waals surface area contributed by atoms with E-state index in [9.17, 15) is 8.78 Å². The molecule has 0 unspecified atom stereocenters. The Hall–Kier alpha value is -0.250. The third-order valence-electron chi connectivity index (χ3n) is 0.465. The molecular formula is C4H6F2OS. The summed E-state index contributed by atoms with van der Waals surface area (Å²) in [6.45, 7) is 1.82. The molecule has 0 aromatic heterocycles. The lowest BCUT2D eigenvalue weighted by molar-refractivity contribution is 0.179. The number of halogens is 2. The average molecular weight is 140 g/mol. The van der Waals surface area contributed by atoms with Crippen molar-refractivity contribution in [3.05, 3.63) is 0 Å². The minimum Gasteiger partial charge on any atom is -0.483 e. The minimum atomic E-state index is -2.62. The first-order valence-electron chi connectivity index (χ1n) is 2.13. The molecule has 0 spiro atoms. The second-order valence-electron chi connectivity index (χ2n) is 1.05. The molecule has 0 saturated carbocycles. The Labute approximate surface area is 51.6 Å². The predicted molar refractivity (Wildman–Crippen MR) is 30.2 cm³/mol. The van der Waals surface area contributed by atoms with Gasteiger partial charge in [-0.2, -0.15) is 0 Å². The number of hydrogen-bond acceptors (Lipinski definition) is 2. The molecule has 0 radical (unpaired) electrons. The van der Waals surface area contributed by atoms with E-state index in [1.165, 1.54) is 0 Å². The lowest BCUT2D eigenvalue weighted by Crippen LogP contribution is -2.10. The second kappa shape index (κ2) is 3.72. The van der Waals surface area contributed by atoms with Crippen molar-refractivity contribution in [2.24, 2.45) is 0 Å². The van der Waals surface area contributed by atoms with Gasteiger partial charge in [0.15, 0.2) is 0 Å². The maximum absolute atomic E-state index is 11.3. The molecular weight excluding hydrogens is 134 g/mol. The Morgan fingerprint density at radius 3 is 2.38 bits per heavy atom. The molecule has 0 rings (SSSR count). The van der Waals surface area contributed by atoms with E-state index in [0.717, 1.165) is 0 Å². The topological polar surface area (TPSA) is 9.23 Å². The molecule has 1 nitrogen and oxygen atoms in total. The average Bonchev–Trinajstić information content (AvgIpc) is 1.67. The Morgan fingerprint density at radius 2 is 2.25 bits per heavy atom. The molecule has 0 heterocycles. The summed E-state index contributed by atoms with van der Waals surface area (Å²) >= 11 is 4.10. The van der Waals surface area contributed by atoms with Crippen LogP contribution in [-0.4, -0.2) is 18.1 Å². The highest BCUT2D eigenvalue weighted by atomic mass is 32.1. The molecule has 48 valence electrons. The molecule has 0 atom stereocenters. The zero-order valence-electron chi connectivity index (χ0n) is 4.36. The van der Waals surface area contributed by atoms with Gasteiger partial charge in [-0.3, -0.25) is 0 Å². The van der Waals surface area contributed by atoms with Gasteiger partial charge in [0.25, 0.3) is 0 Å². The maximum atomic E-state index is 11.3. The fraction of sp³-hybridized carbons (Fsp3) is 0.750. The van der Waals surface area contributed by atoms with Gasteiger partial charge in [0.2, 0.25) is 5.05 Å². The fourth-order valence-electron chi connectivity index (χ4n) is 0.205. The molecule has 0 aromatic carbocycles. The number of ether oxygens (including phenoxy) is 1. The summed E-state index contributed by atoms with van der Waals surface area (Å²) in [4.78, 5) is 0. The zero-order chi connectivity index (χ0) is 6.57. The smallest absolute Gasteiger partial charge is 0.305 e. The molecule has 4 heteroatoms. The Kier molecular flexibility index (Phi) is 3.60. The molecule has 0 saturated heterocycles. The predicted octanol–water partition coefficient (Wildman–Crippen LogP) is 1.62. The van der Waals surface area contributed by atoms with E-state index in [0.29, 0.717) is 0 Å². The van der Waals surface area contributed by atoms with Crippen molar-refractivity contribution in [2.45, 2.75) is 13.3 Å². The van der Waals surface area contributed by atoms with Crippen molar-refractivity contribution in [1.29, 1.82) is 0 Å². The molecule has 0 fully saturated rings. The molecule has 0 aliphatic carbocycles. The molecule has 0 aliphatic heterocycles. The normalized spacial score (nSPS) is 9.50. The largest absolute Gasteiger partial charge is 0.483 e. The van der Waals surface area contributed by atoms with Crippen LogP contribution in [0.1, 0.15) is 6.92 Å². The van der Waals surface area contributed by atoms with E-state index < -0.39 is 11.5 Å². The van der Waals surface area contributed by atoms with Crippen LogP contribution in [0.15, 0.2) is 0 Å². The Morgan fingerprint density at radius 1 is 1.75 bits per heavy atom. The standard InChI is InChI=1S/C4H6F2OS/c1-2-7-4(8)3(5)6/h3H,2H2,1H3. The maximum Gasteiger partial charge on any atom is 0.305 e. The van der Waals surface area contributed by atoms with Gasteiger partial charge in [-0.1, -0.05) is 0 Å². The van der Waals surface area contributed by atoms with Crippen LogP contribution in [0.2, 0.25) is 0 Å². The van der Waals surface area contributed by atoms with Gasteiger partial charge < -0.3 is 4.74 Å². The van der Waals surface area contributed by atoms with E-state index in [4.69, 9.17) is 0 Å². The first-order valence-corrected chi connectivity index (χ1v) is 2.54. The summed E-state index contributed by atoms with van der Waals surface area (Å²) in [6.07, 6.45) is -2.62. The zero-order valence-corrected chi connectivity index (χ0v) is 5.17. The Balaban J connectivity index is 3.33. The summed E-state index contributed by atoms with van der Waals surface area (Å²) in [5, 5.41) is -0.618. The highest BCUT2D eigenvalue weighted by molar-refractivity contribution is 7.80. The van der Waals surface area contributed by atoms with Crippen molar-refractivity contribution in [2.75, 3.05) is 6.61 Å². The number of alkyl halides is 2. The first-order chi connectivity index (χ1) is 3.68. The first kappa shape index (κ1) is 7.75. The van der Waals surface area contributed by atoms with Crippen LogP contribution in [0.25, 0.3) is 0 Å². The summed E-state index contributed by atoms with van der Waals surface area (Å²) in [7, 11) is 0. The summed E-state index contributed by atoms with van der Waals surface area (Å²) in [6, 6.07) is 0. The van der Waals surface area contributed by atoms with Gasteiger partial charge in [-0.25, -0.2) is 8.78 Å².